The Hall–Kier alpha value is -3.69. The molecule has 114 valence electrons. The minimum absolute atomic E-state index is 0.0735. The second-order valence-electron chi connectivity index (χ2n) is 4.81. The van der Waals surface area contributed by atoms with Crippen molar-refractivity contribution in [3.05, 3.63) is 61.7 Å². The van der Waals surface area contributed by atoms with Gasteiger partial charge in [0.15, 0.2) is 0 Å². The number of aromatic nitrogens is 7. The van der Waals surface area contributed by atoms with Crippen LogP contribution in [0, 0.1) is 0 Å². The van der Waals surface area contributed by atoms with E-state index < -0.39 is 16.8 Å². The zero-order chi connectivity index (χ0) is 16.0. The van der Waals surface area contributed by atoms with E-state index >= 15 is 0 Å². The van der Waals surface area contributed by atoms with Crippen LogP contribution in [0.4, 0.5) is 0 Å². The van der Waals surface area contributed by atoms with Crippen LogP contribution in [0.2, 0.25) is 0 Å². The van der Waals surface area contributed by atoms with Gasteiger partial charge in [-0.2, -0.15) is 15.4 Å². The lowest BCUT2D eigenvalue weighted by Crippen LogP contribution is -2.25. The summed E-state index contributed by atoms with van der Waals surface area (Å²) in [6, 6.07) is 6.90. The van der Waals surface area contributed by atoms with Crippen LogP contribution in [0.25, 0.3) is 28.0 Å². The van der Waals surface area contributed by atoms with Gasteiger partial charge in [-0.05, 0) is 12.1 Å². The standard InChI is InChI=1S/C13H9N7O3/c21-11-9-10(15-13(23)16-11)18-20(12(9)22)7-3-1-6(2-4-7)8-5-14-19-17-8/h1-5H,(H,14,17,19)(H3,15,16,18,21,23). The molecule has 4 N–H and O–H groups in total. The normalized spacial score (nSPS) is 11.1. The van der Waals surface area contributed by atoms with E-state index in [9.17, 15) is 14.4 Å². The Kier molecular flexibility index (Phi) is 2.64. The van der Waals surface area contributed by atoms with Gasteiger partial charge in [0.25, 0.3) is 11.1 Å². The second kappa shape index (κ2) is 4.66. The number of hydrogen-bond acceptors (Lipinski definition) is 5. The fourth-order valence-corrected chi connectivity index (χ4v) is 2.35. The van der Waals surface area contributed by atoms with Gasteiger partial charge >= 0.3 is 5.69 Å². The van der Waals surface area contributed by atoms with E-state index in [-0.39, 0.29) is 11.0 Å². The summed E-state index contributed by atoms with van der Waals surface area (Å²) in [4.78, 5) is 39.8. The van der Waals surface area contributed by atoms with Crippen LogP contribution in [-0.4, -0.2) is 35.2 Å². The molecule has 4 aromatic rings. The van der Waals surface area contributed by atoms with Crippen molar-refractivity contribution in [3.63, 3.8) is 0 Å². The summed E-state index contributed by atoms with van der Waals surface area (Å²) in [5, 5.41) is 12.8. The summed E-state index contributed by atoms with van der Waals surface area (Å²) in [6.07, 6.45) is 1.58. The van der Waals surface area contributed by atoms with Crippen molar-refractivity contribution >= 4 is 11.0 Å². The summed E-state index contributed by atoms with van der Waals surface area (Å²) >= 11 is 0. The van der Waals surface area contributed by atoms with Gasteiger partial charge in [-0.3, -0.25) is 24.7 Å². The molecule has 23 heavy (non-hydrogen) atoms. The first kappa shape index (κ1) is 13.0. The lowest BCUT2D eigenvalue weighted by Gasteiger charge is -2.02. The Morgan fingerprint density at radius 3 is 2.48 bits per heavy atom. The third kappa shape index (κ3) is 2.00. The molecule has 0 radical (unpaired) electrons. The topological polar surface area (TPSA) is 145 Å². The summed E-state index contributed by atoms with van der Waals surface area (Å²) in [6.45, 7) is 0. The Bertz CT molecular complexity index is 1160. The molecule has 0 bridgehead atoms. The third-order valence-electron chi connectivity index (χ3n) is 3.42. The first-order valence-corrected chi connectivity index (χ1v) is 6.57. The molecule has 1 aromatic carbocycles. The first-order chi connectivity index (χ1) is 11.1. The molecule has 0 amide bonds. The Balaban J connectivity index is 1.88. The van der Waals surface area contributed by atoms with Crippen molar-refractivity contribution in [2.45, 2.75) is 0 Å². The number of H-pyrrole nitrogens is 4. The lowest BCUT2D eigenvalue weighted by atomic mass is 10.1. The smallest absolute Gasteiger partial charge is 0.292 e. The molecule has 0 fully saturated rings. The Morgan fingerprint density at radius 2 is 1.78 bits per heavy atom. The Labute approximate surface area is 125 Å². The molecule has 0 aliphatic heterocycles. The van der Waals surface area contributed by atoms with Gasteiger partial charge in [0.1, 0.15) is 16.7 Å². The molecule has 0 saturated carbocycles. The van der Waals surface area contributed by atoms with Crippen molar-refractivity contribution < 1.29 is 0 Å². The predicted molar refractivity (Wildman–Crippen MR) is 80.5 cm³/mol. The molecule has 0 unspecified atom stereocenters. The minimum atomic E-state index is -0.733. The van der Waals surface area contributed by atoms with E-state index in [0.717, 1.165) is 5.56 Å². The average molecular weight is 311 g/mol. The van der Waals surface area contributed by atoms with E-state index in [1.165, 1.54) is 4.68 Å². The first-order valence-electron chi connectivity index (χ1n) is 6.57. The minimum Gasteiger partial charge on any atom is -0.292 e. The molecule has 0 saturated heterocycles. The summed E-state index contributed by atoms with van der Waals surface area (Å²) in [5.74, 6) is 0. The molecule has 0 aliphatic carbocycles. The third-order valence-corrected chi connectivity index (χ3v) is 3.42. The molecular weight excluding hydrogens is 302 g/mol. The number of rotatable bonds is 2. The van der Waals surface area contributed by atoms with Gasteiger partial charge in [-0.1, -0.05) is 12.1 Å². The number of nitrogens with one attached hydrogen (secondary N) is 4. The molecule has 0 aliphatic rings. The van der Waals surface area contributed by atoms with Gasteiger partial charge in [0, 0.05) is 5.56 Å². The number of benzene rings is 1. The van der Waals surface area contributed by atoms with E-state index in [1.54, 1.807) is 30.5 Å². The predicted octanol–water partition coefficient (Wildman–Crippen LogP) is -0.520. The second-order valence-corrected chi connectivity index (χ2v) is 4.81. The van der Waals surface area contributed by atoms with Crippen LogP contribution in [0.5, 0.6) is 0 Å². The quantitative estimate of drug-likeness (QED) is 0.393. The van der Waals surface area contributed by atoms with Gasteiger partial charge in [0.2, 0.25) is 0 Å². The summed E-state index contributed by atoms with van der Waals surface area (Å²) in [7, 11) is 0. The van der Waals surface area contributed by atoms with Gasteiger partial charge in [-0.15, -0.1) is 0 Å². The molecule has 4 rings (SSSR count). The van der Waals surface area contributed by atoms with Gasteiger partial charge in [-0.25, -0.2) is 9.48 Å². The van der Waals surface area contributed by atoms with E-state index in [4.69, 9.17) is 0 Å². The largest absolute Gasteiger partial charge is 0.327 e. The molecule has 0 atom stereocenters. The number of nitrogens with zero attached hydrogens (tertiary/aromatic N) is 3. The van der Waals surface area contributed by atoms with Gasteiger partial charge < -0.3 is 0 Å². The van der Waals surface area contributed by atoms with Crippen LogP contribution in [0.15, 0.2) is 44.8 Å². The van der Waals surface area contributed by atoms with Crippen LogP contribution < -0.4 is 16.8 Å². The number of hydrogen-bond donors (Lipinski definition) is 4. The average Bonchev–Trinajstić information content (AvgIpc) is 3.16. The van der Waals surface area contributed by atoms with E-state index in [1.807, 2.05) is 4.98 Å². The zero-order valence-corrected chi connectivity index (χ0v) is 11.5. The van der Waals surface area contributed by atoms with Crippen LogP contribution >= 0.6 is 0 Å². The maximum atomic E-state index is 12.3. The maximum absolute atomic E-state index is 12.3. The fourth-order valence-electron chi connectivity index (χ4n) is 2.35. The van der Waals surface area contributed by atoms with Crippen LogP contribution in [0.1, 0.15) is 0 Å². The van der Waals surface area contributed by atoms with Crippen LogP contribution in [0.3, 0.4) is 0 Å². The highest BCUT2D eigenvalue weighted by molar-refractivity contribution is 5.72. The monoisotopic (exact) mass is 311 g/mol. The van der Waals surface area contributed by atoms with E-state index in [2.05, 4.69) is 25.5 Å². The number of aromatic amines is 4. The van der Waals surface area contributed by atoms with E-state index in [0.29, 0.717) is 11.4 Å². The zero-order valence-electron chi connectivity index (χ0n) is 11.5. The van der Waals surface area contributed by atoms with Gasteiger partial charge in [0.05, 0.1) is 11.9 Å². The SMILES string of the molecule is O=c1[nH]c(=O)c2c(=O)n(-c3ccc(-c4cn[nH]n4)cc3)[nH]c2[nH]1. The number of fused-ring (bicyclic) bond motifs is 1. The summed E-state index contributed by atoms with van der Waals surface area (Å²) in [5.41, 5.74) is 0.106. The van der Waals surface area contributed by atoms with Crippen molar-refractivity contribution in [1.29, 1.82) is 0 Å². The molecule has 0 spiro atoms. The van der Waals surface area contributed by atoms with Crippen molar-refractivity contribution in [2.75, 3.05) is 0 Å². The summed E-state index contributed by atoms with van der Waals surface area (Å²) < 4.78 is 1.18. The molecule has 10 nitrogen and oxygen atoms in total. The highest BCUT2D eigenvalue weighted by Gasteiger charge is 2.13. The molecule has 10 heteroatoms. The Morgan fingerprint density at radius 1 is 1.00 bits per heavy atom. The molecule has 3 aromatic heterocycles. The highest BCUT2D eigenvalue weighted by atomic mass is 16.2. The highest BCUT2D eigenvalue weighted by Crippen LogP contribution is 2.17. The van der Waals surface area contributed by atoms with Crippen molar-refractivity contribution in [2.24, 2.45) is 0 Å². The van der Waals surface area contributed by atoms with Crippen molar-refractivity contribution in [1.82, 2.24) is 35.2 Å². The lowest BCUT2D eigenvalue weighted by molar-refractivity contribution is 0.857. The molecular formula is C13H9N7O3. The van der Waals surface area contributed by atoms with Crippen molar-refractivity contribution in [3.8, 4) is 16.9 Å². The molecule has 3 heterocycles. The maximum Gasteiger partial charge on any atom is 0.327 e. The fraction of sp³-hybridized carbons (Fsp3) is 0. The van der Waals surface area contributed by atoms with Crippen LogP contribution in [-0.2, 0) is 0 Å².